The van der Waals surface area contributed by atoms with Crippen molar-refractivity contribution >= 4 is 41.3 Å². The highest BCUT2D eigenvalue weighted by Crippen LogP contribution is 2.63. The monoisotopic (exact) mass is 334 g/mol. The number of H-pyrrole nitrogens is 1. The summed E-state index contributed by atoms with van der Waals surface area (Å²) in [4.78, 5) is 12.0. The molecule has 2 fully saturated rings. The van der Waals surface area contributed by atoms with Gasteiger partial charge in [-0.1, -0.05) is 0 Å². The number of aromatic nitrogens is 3. The lowest BCUT2D eigenvalue weighted by molar-refractivity contribution is -0.125. The van der Waals surface area contributed by atoms with Crippen LogP contribution in [0, 0.1) is 10.2 Å². The van der Waals surface area contributed by atoms with Gasteiger partial charge < -0.3 is 9.88 Å². The van der Waals surface area contributed by atoms with E-state index in [1.54, 1.807) is 6.92 Å². The molecule has 0 aliphatic heterocycles. The summed E-state index contributed by atoms with van der Waals surface area (Å²) in [5, 5.41) is 9.91. The topological polar surface area (TPSA) is 62.7 Å². The Bertz CT molecular complexity index is 607. The summed E-state index contributed by atoms with van der Waals surface area (Å²) in [7, 11) is 0. The highest BCUT2D eigenvalue weighted by molar-refractivity contribution is 7.71. The lowest BCUT2D eigenvalue weighted by Crippen LogP contribution is -2.34. The molecule has 8 heteroatoms. The molecule has 0 bridgehead atoms. The molecule has 1 aromatic rings. The first-order chi connectivity index (χ1) is 9.35. The number of hydrogen-bond acceptors (Lipinski definition) is 3. The number of amides is 1. The fourth-order valence-corrected chi connectivity index (χ4v) is 3.36. The normalized spacial score (nSPS) is 27.4. The number of aromatic amines is 1. The predicted octanol–water partition coefficient (Wildman–Crippen LogP) is 2.52. The molecule has 1 atom stereocenters. The SMILES string of the molecule is CC1(C(=O)NCCc2n[nH]c(=S)n2C2CC2)CC1(Cl)Cl. The average molecular weight is 335 g/mol. The van der Waals surface area contributed by atoms with Gasteiger partial charge in [0.2, 0.25) is 5.91 Å². The molecule has 2 N–H and O–H groups in total. The molecule has 20 heavy (non-hydrogen) atoms. The van der Waals surface area contributed by atoms with Gasteiger partial charge in [0.05, 0.1) is 5.41 Å². The van der Waals surface area contributed by atoms with E-state index in [2.05, 4.69) is 15.5 Å². The maximum atomic E-state index is 12.0. The van der Waals surface area contributed by atoms with Crippen LogP contribution >= 0.6 is 35.4 Å². The Morgan fingerprint density at radius 2 is 2.25 bits per heavy atom. The van der Waals surface area contributed by atoms with Crippen LogP contribution in [-0.2, 0) is 11.2 Å². The summed E-state index contributed by atoms with van der Waals surface area (Å²) < 4.78 is 1.78. The van der Waals surface area contributed by atoms with E-state index in [1.807, 2.05) is 4.57 Å². The van der Waals surface area contributed by atoms with Gasteiger partial charge in [0.1, 0.15) is 10.2 Å². The molecule has 1 amide bonds. The Labute approximate surface area is 132 Å². The number of nitrogens with zero attached hydrogens (tertiary/aromatic N) is 2. The minimum absolute atomic E-state index is 0.102. The van der Waals surface area contributed by atoms with Crippen LogP contribution in [0.15, 0.2) is 0 Å². The van der Waals surface area contributed by atoms with Crippen LogP contribution < -0.4 is 5.32 Å². The van der Waals surface area contributed by atoms with Gasteiger partial charge in [0, 0.05) is 19.0 Å². The van der Waals surface area contributed by atoms with Crippen molar-refractivity contribution in [3.05, 3.63) is 10.6 Å². The molecule has 0 spiro atoms. The molecule has 0 radical (unpaired) electrons. The first-order valence-electron chi connectivity index (χ1n) is 6.67. The number of carbonyl (C=O) groups excluding carboxylic acids is 1. The summed E-state index contributed by atoms with van der Waals surface area (Å²) in [5.41, 5.74) is -0.669. The zero-order valence-corrected chi connectivity index (χ0v) is 13.4. The molecular weight excluding hydrogens is 319 g/mol. The summed E-state index contributed by atoms with van der Waals surface area (Å²) in [6.07, 6.45) is 3.43. The van der Waals surface area contributed by atoms with Crippen molar-refractivity contribution in [3.63, 3.8) is 0 Å². The lowest BCUT2D eigenvalue weighted by Gasteiger charge is -2.12. The molecule has 3 rings (SSSR count). The Kier molecular flexibility index (Phi) is 3.38. The maximum absolute atomic E-state index is 12.0. The van der Waals surface area contributed by atoms with Gasteiger partial charge in [0.15, 0.2) is 4.77 Å². The predicted molar refractivity (Wildman–Crippen MR) is 79.6 cm³/mol. The molecule has 2 saturated carbocycles. The van der Waals surface area contributed by atoms with E-state index in [4.69, 9.17) is 35.4 Å². The second-order valence-electron chi connectivity index (χ2n) is 5.77. The molecule has 2 aliphatic rings. The zero-order chi connectivity index (χ0) is 14.5. The van der Waals surface area contributed by atoms with Crippen molar-refractivity contribution < 1.29 is 4.79 Å². The standard InChI is InChI=1S/C12H16Cl2N4OS/c1-11(6-12(11,13)14)9(19)15-5-4-8-16-17-10(20)18(8)7-2-3-7/h7H,2-6H2,1H3,(H,15,19)(H,17,20). The number of hydrogen-bond donors (Lipinski definition) is 2. The summed E-state index contributed by atoms with van der Waals surface area (Å²) in [6.45, 7) is 2.28. The first kappa shape index (κ1) is 14.4. The van der Waals surface area contributed by atoms with Crippen LogP contribution in [0.25, 0.3) is 0 Å². The van der Waals surface area contributed by atoms with Gasteiger partial charge in [-0.3, -0.25) is 9.89 Å². The second kappa shape index (κ2) is 4.71. The fraction of sp³-hybridized carbons (Fsp3) is 0.750. The third-order valence-corrected chi connectivity index (χ3v) is 5.47. The van der Waals surface area contributed by atoms with Crippen molar-refractivity contribution in [1.29, 1.82) is 0 Å². The number of rotatable bonds is 5. The molecular formula is C12H16Cl2N4OS. The molecule has 1 aromatic heterocycles. The highest BCUT2D eigenvalue weighted by Gasteiger charge is 2.67. The highest BCUT2D eigenvalue weighted by atomic mass is 35.5. The van der Waals surface area contributed by atoms with E-state index in [0.29, 0.717) is 30.2 Å². The van der Waals surface area contributed by atoms with Crippen molar-refractivity contribution in [3.8, 4) is 0 Å². The van der Waals surface area contributed by atoms with E-state index in [0.717, 1.165) is 18.7 Å². The molecule has 0 aromatic carbocycles. The average Bonchev–Trinajstić information content (AvgIpc) is 3.24. The second-order valence-corrected chi connectivity index (χ2v) is 7.64. The maximum Gasteiger partial charge on any atom is 0.229 e. The van der Waals surface area contributed by atoms with Crippen LogP contribution in [0.1, 0.15) is 38.1 Å². The van der Waals surface area contributed by atoms with E-state index in [1.165, 1.54) is 0 Å². The smallest absolute Gasteiger partial charge is 0.229 e. The van der Waals surface area contributed by atoms with E-state index in [-0.39, 0.29) is 5.91 Å². The quantitative estimate of drug-likeness (QED) is 0.642. The number of halogens is 2. The fourth-order valence-electron chi connectivity index (χ4n) is 2.35. The van der Waals surface area contributed by atoms with Gasteiger partial charge in [-0.05, 0) is 38.4 Å². The molecule has 0 saturated heterocycles. The Hall–Kier alpha value is -0.590. The van der Waals surface area contributed by atoms with E-state index >= 15 is 0 Å². The van der Waals surface area contributed by atoms with Crippen LogP contribution in [0.5, 0.6) is 0 Å². The van der Waals surface area contributed by atoms with Gasteiger partial charge in [-0.25, -0.2) is 0 Å². The van der Waals surface area contributed by atoms with Crippen LogP contribution in [0.2, 0.25) is 0 Å². The van der Waals surface area contributed by atoms with E-state index in [9.17, 15) is 4.79 Å². The van der Waals surface area contributed by atoms with Crippen molar-refractivity contribution in [2.45, 2.75) is 43.0 Å². The minimum atomic E-state index is -0.925. The minimum Gasteiger partial charge on any atom is -0.355 e. The Balaban J connectivity index is 1.56. The number of nitrogens with one attached hydrogen (secondary N) is 2. The van der Waals surface area contributed by atoms with Gasteiger partial charge in [-0.2, -0.15) is 5.10 Å². The summed E-state index contributed by atoms with van der Waals surface area (Å²) in [6, 6.07) is 0.478. The van der Waals surface area contributed by atoms with Gasteiger partial charge in [0.25, 0.3) is 0 Å². The van der Waals surface area contributed by atoms with Gasteiger partial charge >= 0.3 is 0 Å². The number of alkyl halides is 2. The molecule has 110 valence electrons. The molecule has 1 unspecified atom stereocenters. The third kappa shape index (κ3) is 2.38. The molecule has 2 aliphatic carbocycles. The van der Waals surface area contributed by atoms with E-state index < -0.39 is 9.75 Å². The summed E-state index contributed by atoms with van der Waals surface area (Å²) in [5.74, 6) is 0.788. The zero-order valence-electron chi connectivity index (χ0n) is 11.1. The van der Waals surface area contributed by atoms with Crippen molar-refractivity contribution in [2.24, 2.45) is 5.41 Å². The molecule has 5 nitrogen and oxygen atoms in total. The summed E-state index contributed by atoms with van der Waals surface area (Å²) >= 11 is 17.2. The van der Waals surface area contributed by atoms with Crippen LogP contribution in [0.4, 0.5) is 0 Å². The largest absolute Gasteiger partial charge is 0.355 e. The van der Waals surface area contributed by atoms with Gasteiger partial charge in [-0.15, -0.1) is 23.2 Å². The lowest BCUT2D eigenvalue weighted by atomic mass is 10.1. The Morgan fingerprint density at radius 3 is 2.80 bits per heavy atom. The number of carbonyl (C=O) groups is 1. The first-order valence-corrected chi connectivity index (χ1v) is 7.83. The third-order valence-electron chi connectivity index (χ3n) is 4.08. The van der Waals surface area contributed by atoms with Crippen molar-refractivity contribution in [2.75, 3.05) is 6.54 Å². The van der Waals surface area contributed by atoms with Crippen molar-refractivity contribution in [1.82, 2.24) is 20.1 Å². The van der Waals surface area contributed by atoms with Crippen LogP contribution in [-0.4, -0.2) is 31.5 Å². The Morgan fingerprint density at radius 1 is 1.60 bits per heavy atom. The molecule has 1 heterocycles. The van der Waals surface area contributed by atoms with Crippen LogP contribution in [0.3, 0.4) is 0 Å².